The summed E-state index contributed by atoms with van der Waals surface area (Å²) in [7, 11) is 0. The second-order valence-electron chi connectivity index (χ2n) is 4.23. The van der Waals surface area contributed by atoms with E-state index in [-0.39, 0.29) is 19.0 Å². The second-order valence-corrected chi connectivity index (χ2v) is 5.52. The minimum absolute atomic E-state index is 0.0255. The van der Waals surface area contributed by atoms with Crippen LogP contribution in [0.4, 0.5) is 0 Å². The van der Waals surface area contributed by atoms with Gasteiger partial charge >= 0.3 is 5.97 Å². The Balaban J connectivity index is 2.41. The van der Waals surface area contributed by atoms with E-state index in [4.69, 9.17) is 21.1 Å². The minimum atomic E-state index is -0.440. The van der Waals surface area contributed by atoms with E-state index >= 15 is 0 Å². The van der Waals surface area contributed by atoms with Gasteiger partial charge in [0, 0.05) is 10.7 Å². The van der Waals surface area contributed by atoms with Gasteiger partial charge in [-0.1, -0.05) is 11.6 Å². The molecule has 0 atom stereocenters. The number of hydrazone groups is 1. The third kappa shape index (κ3) is 6.91. The number of nitrogens with zero attached hydrogens (tertiary/aromatic N) is 1. The van der Waals surface area contributed by atoms with E-state index in [1.165, 1.54) is 0 Å². The van der Waals surface area contributed by atoms with Crippen molar-refractivity contribution in [3.05, 3.63) is 27.7 Å². The summed E-state index contributed by atoms with van der Waals surface area (Å²) >= 11 is 9.09. The normalized spacial score (nSPS) is 11.0. The van der Waals surface area contributed by atoms with Gasteiger partial charge in [0.05, 0.1) is 17.5 Å². The highest BCUT2D eigenvalue weighted by molar-refractivity contribution is 9.10. The van der Waals surface area contributed by atoms with Crippen LogP contribution in [0.3, 0.4) is 0 Å². The molecule has 0 aliphatic carbocycles. The summed E-state index contributed by atoms with van der Waals surface area (Å²) < 4.78 is 10.7. The Hall–Kier alpha value is -1.60. The van der Waals surface area contributed by atoms with Gasteiger partial charge in [0.2, 0.25) is 0 Å². The minimum Gasteiger partial charge on any atom is -0.483 e. The quantitative estimate of drug-likeness (QED) is 0.440. The SMILES string of the molecule is CCOC(=O)CC(C)=NNC(=O)COc1ccc(Cl)cc1Br. The van der Waals surface area contributed by atoms with Gasteiger partial charge in [0.1, 0.15) is 5.75 Å². The maximum atomic E-state index is 11.6. The smallest absolute Gasteiger partial charge is 0.311 e. The van der Waals surface area contributed by atoms with Crippen LogP contribution >= 0.6 is 27.5 Å². The summed E-state index contributed by atoms with van der Waals surface area (Å²) in [6.07, 6.45) is 0.0255. The highest BCUT2D eigenvalue weighted by atomic mass is 79.9. The largest absolute Gasteiger partial charge is 0.483 e. The zero-order valence-electron chi connectivity index (χ0n) is 12.2. The average Bonchev–Trinajstić information content (AvgIpc) is 2.44. The molecule has 0 saturated heterocycles. The molecule has 0 aliphatic rings. The molecular weight excluding hydrogens is 376 g/mol. The van der Waals surface area contributed by atoms with Crippen molar-refractivity contribution in [1.29, 1.82) is 0 Å². The fourth-order valence-corrected chi connectivity index (χ4v) is 2.18. The fourth-order valence-electron chi connectivity index (χ4n) is 1.39. The van der Waals surface area contributed by atoms with E-state index in [0.717, 1.165) is 0 Å². The number of rotatable bonds is 7. The van der Waals surface area contributed by atoms with Crippen molar-refractivity contribution < 1.29 is 19.1 Å². The summed E-state index contributed by atoms with van der Waals surface area (Å²) in [4.78, 5) is 22.8. The maximum Gasteiger partial charge on any atom is 0.311 e. The number of halogens is 2. The van der Waals surface area contributed by atoms with Gasteiger partial charge in [-0.2, -0.15) is 5.10 Å². The number of benzene rings is 1. The lowest BCUT2D eigenvalue weighted by molar-refractivity contribution is -0.141. The summed E-state index contributed by atoms with van der Waals surface area (Å²) in [5, 5.41) is 4.36. The average molecular weight is 392 g/mol. The van der Waals surface area contributed by atoms with Crippen LogP contribution in [0.15, 0.2) is 27.8 Å². The molecule has 0 aliphatic heterocycles. The predicted octanol–water partition coefficient (Wildman–Crippen LogP) is 2.93. The van der Waals surface area contributed by atoms with Crippen LogP contribution < -0.4 is 10.2 Å². The Morgan fingerprint density at radius 2 is 2.14 bits per heavy atom. The summed E-state index contributed by atoms with van der Waals surface area (Å²) in [6.45, 7) is 3.44. The molecule has 120 valence electrons. The molecule has 8 heteroatoms. The molecule has 22 heavy (non-hydrogen) atoms. The van der Waals surface area contributed by atoms with Crippen molar-refractivity contribution in [2.45, 2.75) is 20.3 Å². The summed E-state index contributed by atoms with van der Waals surface area (Å²) in [5.41, 5.74) is 2.75. The first-order valence-electron chi connectivity index (χ1n) is 6.47. The highest BCUT2D eigenvalue weighted by Gasteiger charge is 2.07. The third-order valence-electron chi connectivity index (χ3n) is 2.33. The first kappa shape index (κ1) is 18.4. The Morgan fingerprint density at radius 3 is 2.77 bits per heavy atom. The molecule has 1 aromatic rings. The number of ether oxygens (including phenoxy) is 2. The van der Waals surface area contributed by atoms with E-state index in [0.29, 0.717) is 27.6 Å². The van der Waals surface area contributed by atoms with Crippen LogP contribution in [0, 0.1) is 0 Å². The molecule has 0 bridgehead atoms. The number of esters is 1. The molecule has 1 aromatic carbocycles. The zero-order valence-corrected chi connectivity index (χ0v) is 14.5. The number of hydrogen-bond acceptors (Lipinski definition) is 5. The Kier molecular flexibility index (Phi) is 7.90. The Morgan fingerprint density at radius 1 is 1.41 bits per heavy atom. The van der Waals surface area contributed by atoms with Crippen molar-refractivity contribution in [2.75, 3.05) is 13.2 Å². The maximum absolute atomic E-state index is 11.6. The zero-order chi connectivity index (χ0) is 16.5. The molecule has 0 radical (unpaired) electrons. The number of nitrogens with one attached hydrogen (secondary N) is 1. The monoisotopic (exact) mass is 390 g/mol. The first-order chi connectivity index (χ1) is 10.4. The molecule has 0 spiro atoms. The highest BCUT2D eigenvalue weighted by Crippen LogP contribution is 2.27. The predicted molar refractivity (Wildman–Crippen MR) is 87.1 cm³/mol. The van der Waals surface area contributed by atoms with Gasteiger partial charge in [0.25, 0.3) is 5.91 Å². The summed E-state index contributed by atoms with van der Waals surface area (Å²) in [6, 6.07) is 4.96. The number of carbonyl (C=O) groups excluding carboxylic acids is 2. The van der Waals surface area contributed by atoms with Crippen LogP contribution in [0.5, 0.6) is 5.75 Å². The molecule has 0 heterocycles. The fraction of sp³-hybridized carbons (Fsp3) is 0.357. The van der Waals surface area contributed by atoms with E-state index in [2.05, 4.69) is 26.5 Å². The lowest BCUT2D eigenvalue weighted by atomic mass is 10.3. The van der Waals surface area contributed by atoms with Crippen molar-refractivity contribution in [3.63, 3.8) is 0 Å². The molecule has 1 rings (SSSR count). The van der Waals surface area contributed by atoms with Gasteiger partial charge in [-0.3, -0.25) is 9.59 Å². The second kappa shape index (κ2) is 9.42. The van der Waals surface area contributed by atoms with Crippen LogP contribution in [0.1, 0.15) is 20.3 Å². The molecule has 1 N–H and O–H groups in total. The molecular formula is C14H16BrClN2O4. The molecule has 0 unspecified atom stereocenters. The van der Waals surface area contributed by atoms with Crippen LogP contribution in [0.25, 0.3) is 0 Å². The van der Waals surface area contributed by atoms with Gasteiger partial charge in [-0.25, -0.2) is 5.43 Å². The Bertz CT molecular complexity index is 578. The van der Waals surface area contributed by atoms with E-state index in [9.17, 15) is 9.59 Å². The van der Waals surface area contributed by atoms with E-state index in [1.54, 1.807) is 32.0 Å². The lowest BCUT2D eigenvalue weighted by Gasteiger charge is -2.07. The van der Waals surface area contributed by atoms with E-state index < -0.39 is 5.91 Å². The standard InChI is InChI=1S/C14H16BrClN2O4/c1-3-21-14(20)6-9(2)17-18-13(19)8-22-12-5-4-10(16)7-11(12)15/h4-5,7H,3,6,8H2,1-2H3,(H,18,19). The lowest BCUT2D eigenvalue weighted by Crippen LogP contribution is -2.26. The molecule has 1 amide bonds. The third-order valence-corrected chi connectivity index (χ3v) is 3.18. The van der Waals surface area contributed by atoms with Crippen molar-refractivity contribution >= 4 is 45.1 Å². The van der Waals surface area contributed by atoms with Gasteiger partial charge < -0.3 is 9.47 Å². The van der Waals surface area contributed by atoms with Gasteiger partial charge in [-0.15, -0.1) is 0 Å². The first-order valence-corrected chi connectivity index (χ1v) is 7.65. The number of carbonyl (C=O) groups is 2. The van der Waals surface area contributed by atoms with Gasteiger partial charge in [-0.05, 0) is 48.0 Å². The topological polar surface area (TPSA) is 77.0 Å². The van der Waals surface area contributed by atoms with Crippen molar-refractivity contribution in [2.24, 2.45) is 5.10 Å². The van der Waals surface area contributed by atoms with Crippen LogP contribution in [0.2, 0.25) is 5.02 Å². The molecule has 0 aromatic heterocycles. The van der Waals surface area contributed by atoms with E-state index in [1.807, 2.05) is 0 Å². The van der Waals surface area contributed by atoms with Crippen molar-refractivity contribution in [1.82, 2.24) is 5.43 Å². The van der Waals surface area contributed by atoms with Gasteiger partial charge in [0.15, 0.2) is 6.61 Å². The Labute approximate surface area is 141 Å². The van der Waals surface area contributed by atoms with Crippen molar-refractivity contribution in [3.8, 4) is 5.75 Å². The summed E-state index contributed by atoms with van der Waals surface area (Å²) in [5.74, 6) is -0.337. The number of hydrogen-bond donors (Lipinski definition) is 1. The molecule has 0 fully saturated rings. The van der Waals surface area contributed by atoms with Crippen LogP contribution in [-0.2, 0) is 14.3 Å². The van der Waals surface area contributed by atoms with Crippen LogP contribution in [-0.4, -0.2) is 30.8 Å². The molecule has 0 saturated carbocycles. The molecule has 6 nitrogen and oxygen atoms in total. The number of amides is 1.